The van der Waals surface area contributed by atoms with Crippen LogP contribution in [0.2, 0.25) is 0 Å². The molecular formula is C15H14N2O3S. The summed E-state index contributed by atoms with van der Waals surface area (Å²) in [7, 11) is -3.77. The Morgan fingerprint density at radius 3 is 2.67 bits per heavy atom. The van der Waals surface area contributed by atoms with Gasteiger partial charge < -0.3 is 10.4 Å². The molecule has 1 atom stereocenters. The molecule has 1 aliphatic heterocycles. The Kier molecular flexibility index (Phi) is 3.40. The van der Waals surface area contributed by atoms with E-state index >= 15 is 0 Å². The van der Waals surface area contributed by atoms with Crippen molar-refractivity contribution in [2.45, 2.75) is 11.1 Å². The Morgan fingerprint density at radius 1 is 1.10 bits per heavy atom. The molecule has 0 bridgehead atoms. The van der Waals surface area contributed by atoms with Crippen LogP contribution in [0.5, 0.6) is 0 Å². The van der Waals surface area contributed by atoms with Crippen molar-refractivity contribution >= 4 is 20.8 Å². The maximum Gasteiger partial charge on any atom is 0.262 e. The van der Waals surface area contributed by atoms with Crippen LogP contribution in [0.15, 0.2) is 71.4 Å². The standard InChI is InChI=1S/C15H14N2O3S/c18-15-13(8-4-10-16-15)17-21(19,20)14-9-3-6-11-5-1-2-7-12(11)14/h1-10,15-18H. The van der Waals surface area contributed by atoms with Crippen molar-refractivity contribution in [3.05, 3.63) is 66.5 Å². The first-order chi connectivity index (χ1) is 10.1. The van der Waals surface area contributed by atoms with Crippen LogP contribution in [0, 0.1) is 0 Å². The lowest BCUT2D eigenvalue weighted by Crippen LogP contribution is -2.37. The summed E-state index contributed by atoms with van der Waals surface area (Å²) >= 11 is 0. The number of hydrogen-bond donors (Lipinski definition) is 3. The van der Waals surface area contributed by atoms with E-state index < -0.39 is 16.3 Å². The average Bonchev–Trinajstić information content (AvgIpc) is 2.49. The minimum absolute atomic E-state index is 0.184. The van der Waals surface area contributed by atoms with Crippen LogP contribution in [0.1, 0.15) is 0 Å². The predicted octanol–water partition coefficient (Wildman–Crippen LogP) is 1.44. The fourth-order valence-electron chi connectivity index (χ4n) is 2.21. The third kappa shape index (κ3) is 2.63. The second kappa shape index (κ2) is 5.23. The maximum atomic E-state index is 12.5. The van der Waals surface area contributed by atoms with Crippen molar-refractivity contribution in [1.29, 1.82) is 0 Å². The molecule has 108 valence electrons. The molecule has 0 saturated heterocycles. The highest BCUT2D eigenvalue weighted by Gasteiger charge is 2.21. The Hall–Kier alpha value is -2.31. The van der Waals surface area contributed by atoms with Gasteiger partial charge in [0.05, 0.1) is 10.6 Å². The molecule has 3 N–H and O–H groups in total. The monoisotopic (exact) mass is 302 g/mol. The van der Waals surface area contributed by atoms with Crippen LogP contribution >= 0.6 is 0 Å². The summed E-state index contributed by atoms with van der Waals surface area (Å²) in [5.41, 5.74) is 0.186. The first-order valence-corrected chi connectivity index (χ1v) is 7.88. The van der Waals surface area contributed by atoms with Gasteiger partial charge in [0.25, 0.3) is 10.0 Å². The molecule has 5 nitrogen and oxygen atoms in total. The lowest BCUT2D eigenvalue weighted by molar-refractivity contribution is 0.183. The maximum absolute atomic E-state index is 12.5. The number of aliphatic hydroxyl groups excluding tert-OH is 1. The van der Waals surface area contributed by atoms with E-state index in [-0.39, 0.29) is 10.6 Å². The van der Waals surface area contributed by atoms with Crippen molar-refractivity contribution in [2.24, 2.45) is 0 Å². The van der Waals surface area contributed by atoms with Gasteiger partial charge in [0.2, 0.25) is 0 Å². The Bertz CT molecular complexity index is 836. The van der Waals surface area contributed by atoms with Crippen molar-refractivity contribution in [3.8, 4) is 0 Å². The highest BCUT2D eigenvalue weighted by molar-refractivity contribution is 7.89. The molecule has 0 fully saturated rings. The summed E-state index contributed by atoms with van der Waals surface area (Å²) in [6.45, 7) is 0. The van der Waals surface area contributed by atoms with Crippen LogP contribution in [0.3, 0.4) is 0 Å². The highest BCUT2D eigenvalue weighted by atomic mass is 32.2. The molecule has 2 aromatic carbocycles. The van der Waals surface area contributed by atoms with Gasteiger partial charge in [0.1, 0.15) is 0 Å². The summed E-state index contributed by atoms with van der Waals surface area (Å²) < 4.78 is 27.5. The zero-order valence-electron chi connectivity index (χ0n) is 11.0. The van der Waals surface area contributed by atoms with Gasteiger partial charge in [-0.05, 0) is 29.8 Å². The fourth-order valence-corrected chi connectivity index (χ4v) is 3.54. The van der Waals surface area contributed by atoms with Gasteiger partial charge in [-0.3, -0.25) is 4.72 Å². The van der Waals surface area contributed by atoms with Crippen LogP contribution in [0.25, 0.3) is 10.8 Å². The second-order valence-corrected chi connectivity index (χ2v) is 6.28. The molecule has 0 amide bonds. The molecule has 1 aliphatic rings. The van der Waals surface area contributed by atoms with Gasteiger partial charge in [0.15, 0.2) is 6.23 Å². The zero-order chi connectivity index (χ0) is 14.9. The molecule has 0 aliphatic carbocycles. The van der Waals surface area contributed by atoms with Gasteiger partial charge in [-0.2, -0.15) is 0 Å². The van der Waals surface area contributed by atoms with Gasteiger partial charge in [-0.25, -0.2) is 8.42 Å². The second-order valence-electron chi connectivity index (χ2n) is 4.63. The van der Waals surface area contributed by atoms with E-state index in [1.165, 1.54) is 6.08 Å². The van der Waals surface area contributed by atoms with Crippen LogP contribution in [-0.2, 0) is 10.0 Å². The zero-order valence-corrected chi connectivity index (χ0v) is 11.8. The van der Waals surface area contributed by atoms with E-state index in [0.29, 0.717) is 5.39 Å². The molecule has 3 rings (SSSR count). The van der Waals surface area contributed by atoms with Gasteiger partial charge in [-0.1, -0.05) is 36.4 Å². The number of fused-ring (bicyclic) bond motifs is 1. The van der Waals surface area contributed by atoms with Crippen molar-refractivity contribution in [3.63, 3.8) is 0 Å². The third-order valence-electron chi connectivity index (χ3n) is 3.21. The van der Waals surface area contributed by atoms with Crippen LogP contribution < -0.4 is 10.0 Å². The van der Waals surface area contributed by atoms with E-state index in [0.717, 1.165) is 5.39 Å². The molecule has 0 spiro atoms. The summed E-state index contributed by atoms with van der Waals surface area (Å²) in [6.07, 6.45) is 3.61. The number of aliphatic hydroxyl groups is 1. The van der Waals surface area contributed by atoms with Crippen LogP contribution in [0.4, 0.5) is 0 Å². The molecule has 1 unspecified atom stereocenters. The first kappa shape index (κ1) is 13.7. The molecule has 21 heavy (non-hydrogen) atoms. The summed E-state index contributed by atoms with van der Waals surface area (Å²) in [4.78, 5) is 0.184. The average molecular weight is 302 g/mol. The van der Waals surface area contributed by atoms with E-state index in [4.69, 9.17) is 0 Å². The number of sulfonamides is 1. The normalized spacial score (nSPS) is 18.1. The Balaban J connectivity index is 2.05. The van der Waals surface area contributed by atoms with Crippen LogP contribution in [-0.4, -0.2) is 19.8 Å². The molecule has 1 heterocycles. The lowest BCUT2D eigenvalue weighted by Gasteiger charge is -2.20. The number of hydrogen-bond acceptors (Lipinski definition) is 4. The van der Waals surface area contributed by atoms with E-state index in [1.54, 1.807) is 36.5 Å². The molecule has 0 radical (unpaired) electrons. The van der Waals surface area contributed by atoms with Crippen molar-refractivity contribution in [2.75, 3.05) is 0 Å². The smallest absolute Gasteiger partial charge is 0.262 e. The van der Waals surface area contributed by atoms with Gasteiger partial charge in [-0.15, -0.1) is 0 Å². The van der Waals surface area contributed by atoms with Crippen molar-refractivity contribution < 1.29 is 13.5 Å². The quantitative estimate of drug-likeness (QED) is 0.801. The number of allylic oxidation sites excluding steroid dienone is 2. The summed E-state index contributed by atoms with van der Waals surface area (Å²) in [6, 6.07) is 12.4. The number of dihydropyridines is 1. The SMILES string of the molecule is O=S(=O)(NC1=CC=CNC1O)c1cccc2ccccc12. The fraction of sp³-hybridized carbons (Fsp3) is 0.0667. The Morgan fingerprint density at radius 2 is 1.86 bits per heavy atom. The molecular weight excluding hydrogens is 288 g/mol. The summed E-state index contributed by atoms with van der Waals surface area (Å²) in [5, 5.41) is 13.8. The summed E-state index contributed by atoms with van der Waals surface area (Å²) in [5.74, 6) is 0. The number of rotatable bonds is 3. The highest BCUT2D eigenvalue weighted by Crippen LogP contribution is 2.23. The number of nitrogens with one attached hydrogen (secondary N) is 2. The predicted molar refractivity (Wildman–Crippen MR) is 80.6 cm³/mol. The molecule has 0 saturated carbocycles. The van der Waals surface area contributed by atoms with Gasteiger partial charge >= 0.3 is 0 Å². The lowest BCUT2D eigenvalue weighted by atomic mass is 10.1. The largest absolute Gasteiger partial charge is 0.368 e. The molecule has 6 heteroatoms. The molecule has 2 aromatic rings. The van der Waals surface area contributed by atoms with E-state index in [2.05, 4.69) is 10.0 Å². The molecule has 0 aromatic heterocycles. The first-order valence-electron chi connectivity index (χ1n) is 6.39. The van der Waals surface area contributed by atoms with Gasteiger partial charge in [0, 0.05) is 5.39 Å². The Labute approximate surface area is 122 Å². The van der Waals surface area contributed by atoms with E-state index in [9.17, 15) is 13.5 Å². The minimum atomic E-state index is -3.77. The third-order valence-corrected chi connectivity index (χ3v) is 4.65. The minimum Gasteiger partial charge on any atom is -0.368 e. The topological polar surface area (TPSA) is 78.4 Å². The van der Waals surface area contributed by atoms with E-state index in [1.807, 2.05) is 18.2 Å². The number of benzene rings is 2. The van der Waals surface area contributed by atoms with Crippen molar-refractivity contribution in [1.82, 2.24) is 10.0 Å².